The largest absolute Gasteiger partial charge is 0.381 e. The molecule has 1 nitrogen and oxygen atoms in total. The van der Waals surface area contributed by atoms with Crippen molar-refractivity contribution in [3.05, 3.63) is 23.8 Å². The van der Waals surface area contributed by atoms with Gasteiger partial charge in [0.15, 0.2) is 0 Å². The van der Waals surface area contributed by atoms with Gasteiger partial charge < -0.3 is 4.74 Å². The highest BCUT2D eigenvalue weighted by atomic mass is 16.5. The van der Waals surface area contributed by atoms with Crippen LogP contribution in [0, 0.1) is 5.92 Å². The average molecular weight is 180 g/mol. The lowest BCUT2D eigenvalue weighted by molar-refractivity contribution is 0.0667. The van der Waals surface area contributed by atoms with Gasteiger partial charge in [0.2, 0.25) is 0 Å². The Balaban J connectivity index is 2.36. The third kappa shape index (κ3) is 3.77. The van der Waals surface area contributed by atoms with Gasteiger partial charge in [-0.2, -0.15) is 0 Å². The van der Waals surface area contributed by atoms with Crippen molar-refractivity contribution in [1.82, 2.24) is 0 Å². The van der Waals surface area contributed by atoms with Crippen LogP contribution in [0.15, 0.2) is 23.8 Å². The van der Waals surface area contributed by atoms with Crippen LogP contribution in [-0.2, 0) is 4.74 Å². The Labute approximate surface area is 81.5 Å². The molecule has 1 rings (SSSR count). The van der Waals surface area contributed by atoms with E-state index in [1.165, 1.54) is 24.8 Å². The molecule has 0 atom stereocenters. The molecule has 1 fully saturated rings. The summed E-state index contributed by atoms with van der Waals surface area (Å²) in [4.78, 5) is 0. The summed E-state index contributed by atoms with van der Waals surface area (Å²) in [6, 6.07) is 0. The van der Waals surface area contributed by atoms with Crippen LogP contribution in [0.4, 0.5) is 0 Å². The molecule has 1 aliphatic heterocycles. The minimum absolute atomic E-state index is 0.844. The molecule has 1 aliphatic rings. The normalized spacial score (nSPS) is 21.2. The topological polar surface area (TPSA) is 9.23 Å². The molecule has 0 amide bonds. The molecule has 0 N–H and O–H groups in total. The Morgan fingerprint density at radius 1 is 1.31 bits per heavy atom. The van der Waals surface area contributed by atoms with Crippen molar-refractivity contribution in [2.75, 3.05) is 13.2 Å². The molecule has 0 aromatic heterocycles. The van der Waals surface area contributed by atoms with E-state index in [-0.39, 0.29) is 0 Å². The number of rotatable bonds is 3. The maximum atomic E-state index is 5.34. The van der Waals surface area contributed by atoms with Gasteiger partial charge in [-0.05, 0) is 39.0 Å². The van der Waals surface area contributed by atoms with Crippen LogP contribution < -0.4 is 0 Å². The lowest BCUT2D eigenvalue weighted by Gasteiger charge is -2.22. The molecule has 0 radical (unpaired) electrons. The molecule has 13 heavy (non-hydrogen) atoms. The van der Waals surface area contributed by atoms with E-state index in [4.69, 9.17) is 4.74 Å². The highest BCUT2D eigenvalue weighted by Gasteiger charge is 2.13. The Bertz CT molecular complexity index is 185. The van der Waals surface area contributed by atoms with E-state index in [2.05, 4.69) is 32.1 Å². The van der Waals surface area contributed by atoms with Crippen molar-refractivity contribution in [1.29, 1.82) is 0 Å². The number of hydrogen-bond donors (Lipinski definition) is 0. The molecule has 0 bridgehead atoms. The first kappa shape index (κ1) is 10.5. The molecular weight excluding hydrogens is 160 g/mol. The monoisotopic (exact) mass is 180 g/mol. The molecule has 0 saturated carbocycles. The number of allylic oxidation sites excluding steroid dienone is 4. The number of ether oxygens (including phenoxy) is 1. The zero-order chi connectivity index (χ0) is 9.52. The molecular formula is C12H20O. The SMILES string of the molecule is C/C=C(\C=C\C)CC1CCOCC1. The van der Waals surface area contributed by atoms with E-state index in [9.17, 15) is 0 Å². The Kier molecular flexibility index (Phi) is 4.84. The van der Waals surface area contributed by atoms with Gasteiger partial charge in [0, 0.05) is 13.2 Å². The molecule has 74 valence electrons. The van der Waals surface area contributed by atoms with E-state index in [1.807, 2.05) is 0 Å². The first-order chi connectivity index (χ1) is 6.36. The third-order valence-corrected chi connectivity index (χ3v) is 2.62. The zero-order valence-electron chi connectivity index (χ0n) is 8.75. The van der Waals surface area contributed by atoms with Crippen LogP contribution >= 0.6 is 0 Å². The van der Waals surface area contributed by atoms with Crippen LogP contribution in [-0.4, -0.2) is 13.2 Å². The second kappa shape index (κ2) is 5.98. The number of hydrogen-bond acceptors (Lipinski definition) is 1. The van der Waals surface area contributed by atoms with E-state index in [1.54, 1.807) is 0 Å². The van der Waals surface area contributed by atoms with Crippen LogP contribution in [0.2, 0.25) is 0 Å². The Morgan fingerprint density at radius 2 is 2.00 bits per heavy atom. The summed E-state index contributed by atoms with van der Waals surface area (Å²) in [5.41, 5.74) is 1.47. The van der Waals surface area contributed by atoms with Crippen molar-refractivity contribution < 1.29 is 4.74 Å². The zero-order valence-corrected chi connectivity index (χ0v) is 8.75. The summed E-state index contributed by atoms with van der Waals surface area (Å²) in [6.45, 7) is 6.11. The van der Waals surface area contributed by atoms with E-state index in [0.717, 1.165) is 19.1 Å². The first-order valence-electron chi connectivity index (χ1n) is 5.22. The maximum absolute atomic E-state index is 5.34. The van der Waals surface area contributed by atoms with Crippen LogP contribution in [0.1, 0.15) is 33.1 Å². The minimum Gasteiger partial charge on any atom is -0.381 e. The molecule has 0 unspecified atom stereocenters. The molecule has 0 aliphatic carbocycles. The van der Waals surface area contributed by atoms with Gasteiger partial charge in [-0.25, -0.2) is 0 Å². The summed E-state index contributed by atoms with van der Waals surface area (Å²) >= 11 is 0. The van der Waals surface area contributed by atoms with Gasteiger partial charge in [0.25, 0.3) is 0 Å². The molecule has 0 spiro atoms. The van der Waals surface area contributed by atoms with Crippen molar-refractivity contribution in [2.45, 2.75) is 33.1 Å². The summed E-state index contributed by atoms with van der Waals surface area (Å²) in [5.74, 6) is 0.844. The van der Waals surface area contributed by atoms with Crippen molar-refractivity contribution >= 4 is 0 Å². The van der Waals surface area contributed by atoms with Gasteiger partial charge in [-0.15, -0.1) is 0 Å². The van der Waals surface area contributed by atoms with Crippen molar-refractivity contribution in [2.24, 2.45) is 5.92 Å². The molecule has 0 aromatic carbocycles. The quantitative estimate of drug-likeness (QED) is 0.605. The highest BCUT2D eigenvalue weighted by molar-refractivity contribution is 5.17. The lowest BCUT2D eigenvalue weighted by atomic mass is 9.92. The highest BCUT2D eigenvalue weighted by Crippen LogP contribution is 2.23. The second-order valence-electron chi connectivity index (χ2n) is 3.62. The van der Waals surface area contributed by atoms with Crippen LogP contribution in [0.3, 0.4) is 0 Å². The Hall–Kier alpha value is -0.560. The summed E-state index contributed by atoms with van der Waals surface area (Å²) in [7, 11) is 0. The molecule has 1 heteroatoms. The second-order valence-corrected chi connectivity index (χ2v) is 3.62. The first-order valence-corrected chi connectivity index (χ1v) is 5.22. The average Bonchev–Trinajstić information content (AvgIpc) is 2.19. The van der Waals surface area contributed by atoms with Crippen molar-refractivity contribution in [3.63, 3.8) is 0 Å². The van der Waals surface area contributed by atoms with Crippen molar-refractivity contribution in [3.8, 4) is 0 Å². The Morgan fingerprint density at radius 3 is 2.54 bits per heavy atom. The predicted molar refractivity (Wildman–Crippen MR) is 56.7 cm³/mol. The molecule has 0 aromatic rings. The smallest absolute Gasteiger partial charge is 0.0468 e. The van der Waals surface area contributed by atoms with Crippen LogP contribution in [0.5, 0.6) is 0 Å². The van der Waals surface area contributed by atoms with Gasteiger partial charge >= 0.3 is 0 Å². The van der Waals surface area contributed by atoms with E-state index < -0.39 is 0 Å². The summed E-state index contributed by atoms with van der Waals surface area (Å²) in [6.07, 6.45) is 10.2. The standard InChI is InChI=1S/C12H20O/c1-3-5-11(4-2)10-12-6-8-13-9-7-12/h3-5,12H,6-10H2,1-2H3/b5-3+,11-4+. The summed E-state index contributed by atoms with van der Waals surface area (Å²) in [5, 5.41) is 0. The fourth-order valence-corrected chi connectivity index (χ4v) is 1.78. The molecule has 1 saturated heterocycles. The van der Waals surface area contributed by atoms with Gasteiger partial charge in [-0.1, -0.05) is 23.8 Å². The lowest BCUT2D eigenvalue weighted by Crippen LogP contribution is -2.15. The van der Waals surface area contributed by atoms with Gasteiger partial charge in [0.05, 0.1) is 0 Å². The molecule has 1 heterocycles. The van der Waals surface area contributed by atoms with Gasteiger partial charge in [0.1, 0.15) is 0 Å². The third-order valence-electron chi connectivity index (χ3n) is 2.62. The fourth-order valence-electron chi connectivity index (χ4n) is 1.78. The maximum Gasteiger partial charge on any atom is 0.0468 e. The fraction of sp³-hybridized carbons (Fsp3) is 0.667. The van der Waals surface area contributed by atoms with Crippen LogP contribution in [0.25, 0.3) is 0 Å². The van der Waals surface area contributed by atoms with E-state index >= 15 is 0 Å². The summed E-state index contributed by atoms with van der Waals surface area (Å²) < 4.78 is 5.34. The van der Waals surface area contributed by atoms with Gasteiger partial charge in [-0.3, -0.25) is 0 Å². The van der Waals surface area contributed by atoms with E-state index in [0.29, 0.717) is 0 Å². The minimum atomic E-state index is 0.844. The predicted octanol–water partition coefficient (Wildman–Crippen LogP) is 3.33.